The van der Waals surface area contributed by atoms with Crippen molar-refractivity contribution in [1.82, 2.24) is 0 Å². The highest BCUT2D eigenvalue weighted by molar-refractivity contribution is 6.87. The molecular weight excluding hydrogens is 653 g/mol. The van der Waals surface area contributed by atoms with Crippen molar-refractivity contribution in [2.45, 2.75) is 110 Å². The van der Waals surface area contributed by atoms with Gasteiger partial charge in [0.25, 0.3) is 0 Å². The first-order valence-corrected chi connectivity index (χ1v) is 21.7. The van der Waals surface area contributed by atoms with Gasteiger partial charge in [0.05, 0.1) is 33.0 Å². The third-order valence-corrected chi connectivity index (χ3v) is 15.2. The number of benzene rings is 4. The number of unbranched alkanes of at least 4 members (excludes halogenated alkanes) is 1. The SMILES string of the molecule is C=CCCCC(CCC1(CCOc2cccc([SiH](c3ccccc3)C(C)(C)C)c2)CCCCC1)(COCc1ccccc1)COCc1ccccc1. The van der Waals surface area contributed by atoms with Crippen molar-refractivity contribution in [1.29, 1.82) is 0 Å². The minimum Gasteiger partial charge on any atom is -0.494 e. The van der Waals surface area contributed by atoms with Crippen LogP contribution in [0.25, 0.3) is 0 Å². The van der Waals surface area contributed by atoms with Gasteiger partial charge in [-0.25, -0.2) is 0 Å². The minimum absolute atomic E-state index is 0.0593. The second kappa shape index (κ2) is 20.1. The highest BCUT2D eigenvalue weighted by Gasteiger charge is 2.38. The van der Waals surface area contributed by atoms with Crippen LogP contribution in [0.2, 0.25) is 5.04 Å². The summed E-state index contributed by atoms with van der Waals surface area (Å²) >= 11 is 0. The summed E-state index contributed by atoms with van der Waals surface area (Å²) in [5.74, 6) is 1.02. The number of allylic oxidation sites excluding steroid dienone is 1. The van der Waals surface area contributed by atoms with E-state index in [9.17, 15) is 0 Å². The van der Waals surface area contributed by atoms with E-state index in [0.29, 0.717) is 26.4 Å². The Morgan fingerprint density at radius 1 is 0.673 bits per heavy atom. The zero-order chi connectivity index (χ0) is 36.5. The molecule has 5 rings (SSSR count). The summed E-state index contributed by atoms with van der Waals surface area (Å²) in [4.78, 5) is 0. The molecule has 1 saturated carbocycles. The lowest BCUT2D eigenvalue weighted by atomic mass is 9.66. The molecule has 1 unspecified atom stereocenters. The summed E-state index contributed by atoms with van der Waals surface area (Å²) in [6, 6.07) is 41.3. The first-order valence-electron chi connectivity index (χ1n) is 19.9. The van der Waals surface area contributed by atoms with Gasteiger partial charge in [0.15, 0.2) is 0 Å². The standard InChI is InChI=1S/C48H64O3Si/c1-5-6-17-31-48(39-49-37-41-21-11-7-12-22-41,40-50-38-42-23-13-8-14-24-42)33-32-47(29-18-10-19-30-47)34-35-51-43-25-20-28-45(36-43)52(46(2,3)4)44-26-15-9-16-27-44/h5,7-9,11-16,20-28,36,52H,1,6,10,17-19,29-35,37-40H2,2-4H3. The Bertz CT molecular complexity index is 1530. The molecule has 4 heteroatoms. The zero-order valence-corrected chi connectivity index (χ0v) is 33.5. The van der Waals surface area contributed by atoms with Crippen LogP contribution in [0.4, 0.5) is 0 Å². The van der Waals surface area contributed by atoms with Crippen molar-refractivity contribution < 1.29 is 14.2 Å². The summed E-state index contributed by atoms with van der Waals surface area (Å²) in [5.41, 5.74) is 2.66. The van der Waals surface area contributed by atoms with Gasteiger partial charge in [-0.3, -0.25) is 0 Å². The van der Waals surface area contributed by atoms with Gasteiger partial charge in [-0.2, -0.15) is 0 Å². The van der Waals surface area contributed by atoms with Crippen LogP contribution < -0.4 is 15.1 Å². The highest BCUT2D eigenvalue weighted by Crippen LogP contribution is 2.47. The molecule has 1 fully saturated rings. The quantitative estimate of drug-likeness (QED) is 0.0488. The van der Waals surface area contributed by atoms with E-state index in [1.165, 1.54) is 60.0 Å². The van der Waals surface area contributed by atoms with Gasteiger partial charge in [0.1, 0.15) is 14.5 Å². The fraction of sp³-hybridized carbons (Fsp3) is 0.458. The van der Waals surface area contributed by atoms with Gasteiger partial charge in [-0.1, -0.05) is 160 Å². The summed E-state index contributed by atoms with van der Waals surface area (Å²) in [6.07, 6.45) is 15.1. The van der Waals surface area contributed by atoms with Crippen LogP contribution in [0, 0.1) is 10.8 Å². The van der Waals surface area contributed by atoms with Crippen molar-refractivity contribution in [2.75, 3.05) is 19.8 Å². The molecule has 278 valence electrons. The molecular formula is C48H64O3Si. The predicted molar refractivity (Wildman–Crippen MR) is 223 cm³/mol. The number of ether oxygens (including phenoxy) is 3. The molecule has 0 heterocycles. The number of rotatable bonds is 21. The average Bonchev–Trinajstić information content (AvgIpc) is 3.16. The smallest absolute Gasteiger partial charge is 0.119 e. The van der Waals surface area contributed by atoms with Crippen molar-refractivity contribution >= 4 is 19.2 Å². The van der Waals surface area contributed by atoms with E-state index < -0.39 is 8.80 Å². The Morgan fingerprint density at radius 3 is 1.83 bits per heavy atom. The third-order valence-electron chi connectivity index (χ3n) is 11.3. The Balaban J connectivity index is 1.29. The van der Waals surface area contributed by atoms with Crippen molar-refractivity contribution in [2.24, 2.45) is 10.8 Å². The molecule has 52 heavy (non-hydrogen) atoms. The Kier molecular flexibility index (Phi) is 15.4. The Hall–Kier alpha value is -3.44. The van der Waals surface area contributed by atoms with E-state index in [2.05, 4.69) is 149 Å². The van der Waals surface area contributed by atoms with Crippen LogP contribution in [-0.2, 0) is 22.7 Å². The lowest BCUT2D eigenvalue weighted by molar-refractivity contribution is -0.0515. The lowest BCUT2D eigenvalue weighted by Crippen LogP contribution is -2.48. The highest BCUT2D eigenvalue weighted by atomic mass is 28.3. The zero-order valence-electron chi connectivity index (χ0n) is 32.4. The van der Waals surface area contributed by atoms with Crippen LogP contribution in [0.1, 0.15) is 103 Å². The molecule has 0 radical (unpaired) electrons. The maximum absolute atomic E-state index is 6.67. The molecule has 3 nitrogen and oxygen atoms in total. The number of hydrogen-bond donors (Lipinski definition) is 0. The first-order chi connectivity index (χ1) is 25.3. The van der Waals surface area contributed by atoms with E-state index in [0.717, 1.165) is 44.5 Å². The van der Waals surface area contributed by atoms with Crippen molar-refractivity contribution in [3.05, 3.63) is 139 Å². The Morgan fingerprint density at radius 2 is 1.25 bits per heavy atom. The third kappa shape index (κ3) is 12.3. The topological polar surface area (TPSA) is 27.7 Å². The molecule has 0 N–H and O–H groups in total. The molecule has 0 spiro atoms. The molecule has 0 bridgehead atoms. The van der Waals surface area contributed by atoms with Gasteiger partial charge in [-0.15, -0.1) is 6.58 Å². The van der Waals surface area contributed by atoms with Gasteiger partial charge in [0, 0.05) is 5.41 Å². The van der Waals surface area contributed by atoms with E-state index in [1.807, 2.05) is 0 Å². The fourth-order valence-corrected chi connectivity index (χ4v) is 12.1. The van der Waals surface area contributed by atoms with Crippen LogP contribution >= 0.6 is 0 Å². The van der Waals surface area contributed by atoms with E-state index in [1.54, 1.807) is 0 Å². The number of hydrogen-bond acceptors (Lipinski definition) is 3. The largest absolute Gasteiger partial charge is 0.494 e. The summed E-state index contributed by atoms with van der Waals surface area (Å²) in [6.45, 7) is 14.7. The van der Waals surface area contributed by atoms with Crippen LogP contribution in [-0.4, -0.2) is 28.6 Å². The lowest BCUT2D eigenvalue weighted by Gasteiger charge is -2.42. The summed E-state index contributed by atoms with van der Waals surface area (Å²) < 4.78 is 19.9. The van der Waals surface area contributed by atoms with E-state index in [4.69, 9.17) is 14.2 Å². The maximum Gasteiger partial charge on any atom is 0.119 e. The molecule has 1 aliphatic rings. The van der Waals surface area contributed by atoms with Crippen LogP contribution in [0.15, 0.2) is 128 Å². The van der Waals surface area contributed by atoms with Gasteiger partial charge in [-0.05, 0) is 85.1 Å². The summed E-state index contributed by atoms with van der Waals surface area (Å²) in [7, 11) is -1.46. The molecule has 0 aliphatic heterocycles. The van der Waals surface area contributed by atoms with Gasteiger partial charge in [0.2, 0.25) is 0 Å². The van der Waals surface area contributed by atoms with Gasteiger partial charge < -0.3 is 14.2 Å². The van der Waals surface area contributed by atoms with E-state index in [-0.39, 0.29) is 15.9 Å². The normalized spacial score (nSPS) is 15.2. The second-order valence-electron chi connectivity index (χ2n) is 16.6. The molecule has 1 atom stereocenters. The predicted octanol–water partition coefficient (Wildman–Crippen LogP) is 11.1. The average molecular weight is 717 g/mol. The van der Waals surface area contributed by atoms with Crippen molar-refractivity contribution in [3.63, 3.8) is 0 Å². The fourth-order valence-electron chi connectivity index (χ4n) is 8.46. The second-order valence-corrected chi connectivity index (χ2v) is 20.5. The molecule has 0 amide bonds. The minimum atomic E-state index is -1.46. The van der Waals surface area contributed by atoms with E-state index >= 15 is 0 Å². The summed E-state index contributed by atoms with van der Waals surface area (Å²) in [5, 5.41) is 3.17. The Labute approximate surface area is 317 Å². The molecule has 4 aromatic carbocycles. The molecule has 0 saturated heterocycles. The van der Waals surface area contributed by atoms with Crippen LogP contribution in [0.3, 0.4) is 0 Å². The monoisotopic (exact) mass is 716 g/mol. The molecule has 0 aromatic heterocycles. The molecule has 1 aliphatic carbocycles. The van der Waals surface area contributed by atoms with Crippen molar-refractivity contribution in [3.8, 4) is 5.75 Å². The van der Waals surface area contributed by atoms with Gasteiger partial charge >= 0.3 is 0 Å². The maximum atomic E-state index is 6.67. The molecule has 4 aromatic rings. The first kappa shape index (κ1) is 39.8. The van der Waals surface area contributed by atoms with Crippen LogP contribution in [0.5, 0.6) is 5.75 Å².